The molecule has 1 unspecified atom stereocenters. The van der Waals surface area contributed by atoms with Gasteiger partial charge >= 0.3 is 0 Å². The predicted octanol–water partition coefficient (Wildman–Crippen LogP) is 3.38. The van der Waals surface area contributed by atoms with E-state index in [1.165, 1.54) is 36.8 Å². The van der Waals surface area contributed by atoms with Gasteiger partial charge in [0.1, 0.15) is 6.17 Å². The average Bonchev–Trinajstić information content (AvgIpc) is 2.06. The van der Waals surface area contributed by atoms with Crippen molar-refractivity contribution in [2.45, 2.75) is 51.1 Å². The molecular weight excluding hydrogens is 139 g/mol. The van der Waals surface area contributed by atoms with Crippen LogP contribution in [0.1, 0.15) is 44.9 Å². The molecule has 62 valence electrons. The Morgan fingerprint density at radius 2 is 1.73 bits per heavy atom. The topological polar surface area (TPSA) is 0 Å². The van der Waals surface area contributed by atoms with Crippen LogP contribution in [0, 0.1) is 0 Å². The molecule has 2 aliphatic rings. The van der Waals surface area contributed by atoms with Gasteiger partial charge in [-0.3, -0.25) is 0 Å². The number of allylic oxidation sites excluding steroid dienone is 2. The molecule has 1 atom stereocenters. The summed E-state index contributed by atoms with van der Waals surface area (Å²) in [4.78, 5) is 0. The van der Waals surface area contributed by atoms with Crippen molar-refractivity contribution in [1.29, 1.82) is 0 Å². The van der Waals surface area contributed by atoms with Gasteiger partial charge in [-0.05, 0) is 50.5 Å². The third-order valence-electron chi connectivity index (χ3n) is 2.94. The third-order valence-corrected chi connectivity index (χ3v) is 2.94. The summed E-state index contributed by atoms with van der Waals surface area (Å²) in [6.07, 6.45) is 7.25. The lowest BCUT2D eigenvalue weighted by atomic mass is 9.81. The molecule has 0 saturated carbocycles. The van der Waals surface area contributed by atoms with Crippen molar-refractivity contribution in [1.82, 2.24) is 0 Å². The molecule has 0 spiro atoms. The fraction of sp³-hybridized carbons (Fsp3) is 0.800. The first-order valence-electron chi connectivity index (χ1n) is 4.73. The molecule has 0 aromatic rings. The molecular formula is C10H15F. The summed E-state index contributed by atoms with van der Waals surface area (Å²) < 4.78 is 13.3. The first-order valence-corrected chi connectivity index (χ1v) is 4.73. The van der Waals surface area contributed by atoms with Crippen LogP contribution in [-0.2, 0) is 0 Å². The zero-order valence-electron chi connectivity index (χ0n) is 6.91. The van der Waals surface area contributed by atoms with E-state index in [1.54, 1.807) is 0 Å². The lowest BCUT2D eigenvalue weighted by Gasteiger charge is -2.27. The van der Waals surface area contributed by atoms with E-state index in [9.17, 15) is 4.39 Å². The van der Waals surface area contributed by atoms with Crippen molar-refractivity contribution < 1.29 is 4.39 Å². The van der Waals surface area contributed by atoms with Gasteiger partial charge in [0, 0.05) is 0 Å². The van der Waals surface area contributed by atoms with Gasteiger partial charge in [-0.15, -0.1) is 0 Å². The van der Waals surface area contributed by atoms with Crippen LogP contribution >= 0.6 is 0 Å². The highest BCUT2D eigenvalue weighted by Gasteiger charge is 2.23. The second kappa shape index (κ2) is 2.96. The van der Waals surface area contributed by atoms with E-state index >= 15 is 0 Å². The Morgan fingerprint density at radius 1 is 1.00 bits per heavy atom. The second-order valence-corrected chi connectivity index (χ2v) is 3.70. The van der Waals surface area contributed by atoms with E-state index < -0.39 is 6.17 Å². The Labute approximate surface area is 67.5 Å². The molecule has 0 N–H and O–H groups in total. The van der Waals surface area contributed by atoms with Crippen molar-refractivity contribution in [3.05, 3.63) is 11.1 Å². The lowest BCUT2D eigenvalue weighted by Crippen LogP contribution is -2.15. The second-order valence-electron chi connectivity index (χ2n) is 3.70. The molecule has 0 aliphatic heterocycles. The van der Waals surface area contributed by atoms with Gasteiger partial charge in [0.2, 0.25) is 0 Å². The summed E-state index contributed by atoms with van der Waals surface area (Å²) >= 11 is 0. The maximum Gasteiger partial charge on any atom is 0.121 e. The summed E-state index contributed by atoms with van der Waals surface area (Å²) in [5.74, 6) is 0. The van der Waals surface area contributed by atoms with E-state index in [0.717, 1.165) is 19.3 Å². The summed E-state index contributed by atoms with van der Waals surface area (Å²) in [6, 6.07) is 0. The Balaban J connectivity index is 2.21. The molecule has 0 fully saturated rings. The average molecular weight is 154 g/mol. The van der Waals surface area contributed by atoms with Crippen molar-refractivity contribution in [3.63, 3.8) is 0 Å². The number of hydrogen-bond acceptors (Lipinski definition) is 0. The van der Waals surface area contributed by atoms with E-state index in [4.69, 9.17) is 0 Å². The van der Waals surface area contributed by atoms with E-state index in [2.05, 4.69) is 0 Å². The number of hydrogen-bond donors (Lipinski definition) is 0. The fourth-order valence-electron chi connectivity index (χ4n) is 2.32. The maximum absolute atomic E-state index is 13.3. The Hall–Kier alpha value is -0.330. The zero-order chi connectivity index (χ0) is 7.68. The predicted molar refractivity (Wildman–Crippen MR) is 44.2 cm³/mol. The van der Waals surface area contributed by atoms with Gasteiger partial charge in [0.05, 0.1) is 0 Å². The van der Waals surface area contributed by atoms with Crippen molar-refractivity contribution in [3.8, 4) is 0 Å². The van der Waals surface area contributed by atoms with Crippen LogP contribution in [0.15, 0.2) is 11.1 Å². The van der Waals surface area contributed by atoms with Gasteiger partial charge in [-0.1, -0.05) is 5.57 Å². The van der Waals surface area contributed by atoms with E-state index in [-0.39, 0.29) is 0 Å². The molecule has 0 radical (unpaired) electrons. The Kier molecular flexibility index (Phi) is 1.97. The highest BCUT2D eigenvalue weighted by Crippen LogP contribution is 2.36. The lowest BCUT2D eigenvalue weighted by molar-refractivity contribution is 0.317. The van der Waals surface area contributed by atoms with Crippen LogP contribution < -0.4 is 0 Å². The number of rotatable bonds is 0. The van der Waals surface area contributed by atoms with Gasteiger partial charge in [0.25, 0.3) is 0 Å². The molecule has 2 aliphatic carbocycles. The maximum atomic E-state index is 13.3. The van der Waals surface area contributed by atoms with Crippen LogP contribution in [0.3, 0.4) is 0 Å². The zero-order valence-corrected chi connectivity index (χ0v) is 6.91. The summed E-state index contributed by atoms with van der Waals surface area (Å²) in [6.45, 7) is 0. The van der Waals surface area contributed by atoms with Gasteiger partial charge in [-0.2, -0.15) is 0 Å². The first kappa shape index (κ1) is 7.33. The molecule has 0 aromatic carbocycles. The molecule has 0 amide bonds. The van der Waals surface area contributed by atoms with Crippen LogP contribution in [0.25, 0.3) is 0 Å². The van der Waals surface area contributed by atoms with Crippen LogP contribution in [0.2, 0.25) is 0 Å². The highest BCUT2D eigenvalue weighted by atomic mass is 19.1. The monoisotopic (exact) mass is 154 g/mol. The van der Waals surface area contributed by atoms with Crippen LogP contribution in [0.4, 0.5) is 4.39 Å². The largest absolute Gasteiger partial charge is 0.243 e. The molecule has 11 heavy (non-hydrogen) atoms. The summed E-state index contributed by atoms with van der Waals surface area (Å²) in [7, 11) is 0. The molecule has 0 saturated heterocycles. The summed E-state index contributed by atoms with van der Waals surface area (Å²) in [5, 5.41) is 0. The standard InChI is InChI=1S/C10H15F/c11-10-7-3-5-8-4-1-2-6-9(8)10/h10H,1-7H2. The SMILES string of the molecule is FC1CCCC2=C1CCCC2. The normalized spacial score (nSPS) is 31.9. The molecule has 2 rings (SSSR count). The number of alkyl halides is 1. The smallest absolute Gasteiger partial charge is 0.121 e. The molecule has 0 nitrogen and oxygen atoms in total. The quantitative estimate of drug-likeness (QED) is 0.469. The molecule has 0 heterocycles. The molecule has 0 bridgehead atoms. The minimum absolute atomic E-state index is 0.570. The minimum Gasteiger partial charge on any atom is -0.243 e. The number of halogens is 1. The van der Waals surface area contributed by atoms with E-state index in [0.29, 0.717) is 0 Å². The van der Waals surface area contributed by atoms with Crippen molar-refractivity contribution in [2.75, 3.05) is 0 Å². The molecule has 0 aromatic heterocycles. The first-order chi connectivity index (χ1) is 5.38. The minimum atomic E-state index is -0.570. The van der Waals surface area contributed by atoms with E-state index in [1.807, 2.05) is 0 Å². The van der Waals surface area contributed by atoms with Crippen molar-refractivity contribution in [2.24, 2.45) is 0 Å². The highest BCUT2D eigenvalue weighted by molar-refractivity contribution is 5.23. The van der Waals surface area contributed by atoms with Gasteiger partial charge < -0.3 is 0 Å². The Morgan fingerprint density at radius 3 is 2.55 bits per heavy atom. The summed E-state index contributed by atoms with van der Waals surface area (Å²) in [5.41, 5.74) is 2.65. The molecule has 1 heteroatoms. The van der Waals surface area contributed by atoms with Gasteiger partial charge in [0.15, 0.2) is 0 Å². The van der Waals surface area contributed by atoms with Gasteiger partial charge in [-0.25, -0.2) is 4.39 Å². The third kappa shape index (κ3) is 1.33. The Bertz CT molecular complexity index is 177. The van der Waals surface area contributed by atoms with Crippen LogP contribution in [0.5, 0.6) is 0 Å². The fourth-order valence-corrected chi connectivity index (χ4v) is 2.32. The van der Waals surface area contributed by atoms with Crippen LogP contribution in [-0.4, -0.2) is 6.17 Å². The van der Waals surface area contributed by atoms with Crippen molar-refractivity contribution >= 4 is 0 Å².